The molecule has 0 heterocycles. The van der Waals surface area contributed by atoms with E-state index in [1.54, 1.807) is 6.92 Å². The molecule has 0 saturated heterocycles. The molecule has 6 nitrogen and oxygen atoms in total. The number of nitrogens with one attached hydrogen (secondary N) is 3. The van der Waals surface area contributed by atoms with Crippen LogP contribution >= 0.6 is 0 Å². The Hall–Kier alpha value is -0.820. The van der Waals surface area contributed by atoms with Gasteiger partial charge in [0.1, 0.15) is 0 Å². The second kappa shape index (κ2) is 5.76. The minimum absolute atomic E-state index is 0.204. The standard InChI is InChI=1S/C6H15N3O3S/c1-3-7-6(10)8-4-5-9-13(2,11)12/h9H,3-5H2,1-2H3,(H2,7,8,10). The molecular formula is C6H15N3O3S. The van der Waals surface area contributed by atoms with Gasteiger partial charge in [-0.2, -0.15) is 0 Å². The van der Waals surface area contributed by atoms with E-state index < -0.39 is 10.0 Å². The van der Waals surface area contributed by atoms with Crippen molar-refractivity contribution in [2.45, 2.75) is 6.92 Å². The van der Waals surface area contributed by atoms with Gasteiger partial charge >= 0.3 is 6.03 Å². The molecule has 0 unspecified atom stereocenters. The Labute approximate surface area is 78.1 Å². The molecule has 0 bridgehead atoms. The summed E-state index contributed by atoms with van der Waals surface area (Å²) in [4.78, 5) is 10.8. The monoisotopic (exact) mass is 209 g/mol. The van der Waals surface area contributed by atoms with Crippen molar-refractivity contribution in [3.05, 3.63) is 0 Å². The fraction of sp³-hybridized carbons (Fsp3) is 0.833. The maximum absolute atomic E-state index is 10.8. The zero-order chi connectivity index (χ0) is 10.3. The zero-order valence-corrected chi connectivity index (χ0v) is 8.57. The molecule has 2 amide bonds. The fourth-order valence-corrected chi connectivity index (χ4v) is 1.11. The normalized spacial score (nSPS) is 10.9. The average Bonchev–Trinajstić information content (AvgIpc) is 1.97. The van der Waals surface area contributed by atoms with Crippen molar-refractivity contribution in [3.63, 3.8) is 0 Å². The summed E-state index contributed by atoms with van der Waals surface area (Å²) in [5.41, 5.74) is 0. The number of sulfonamides is 1. The summed E-state index contributed by atoms with van der Waals surface area (Å²) >= 11 is 0. The van der Waals surface area contributed by atoms with E-state index in [1.165, 1.54) is 0 Å². The number of hydrogen-bond acceptors (Lipinski definition) is 3. The maximum atomic E-state index is 10.8. The van der Waals surface area contributed by atoms with Crippen molar-refractivity contribution in [1.82, 2.24) is 15.4 Å². The van der Waals surface area contributed by atoms with Gasteiger partial charge in [-0.1, -0.05) is 0 Å². The first-order valence-corrected chi connectivity index (χ1v) is 5.81. The Bertz CT molecular complexity index is 250. The summed E-state index contributed by atoms with van der Waals surface area (Å²) in [6.07, 6.45) is 1.07. The van der Waals surface area contributed by atoms with Crippen molar-refractivity contribution >= 4 is 16.1 Å². The number of carbonyl (C=O) groups excluding carboxylic acids is 1. The van der Waals surface area contributed by atoms with Crippen LogP contribution < -0.4 is 15.4 Å². The first kappa shape index (κ1) is 12.2. The number of urea groups is 1. The van der Waals surface area contributed by atoms with E-state index in [2.05, 4.69) is 15.4 Å². The lowest BCUT2D eigenvalue weighted by Crippen LogP contribution is -2.39. The van der Waals surface area contributed by atoms with E-state index in [-0.39, 0.29) is 19.1 Å². The SMILES string of the molecule is CCNC(=O)NCCNS(C)(=O)=O. The highest BCUT2D eigenvalue weighted by molar-refractivity contribution is 7.88. The second-order valence-electron chi connectivity index (χ2n) is 2.45. The highest BCUT2D eigenvalue weighted by atomic mass is 32.2. The number of amides is 2. The second-order valence-corrected chi connectivity index (χ2v) is 4.29. The number of carbonyl (C=O) groups is 1. The predicted molar refractivity (Wildman–Crippen MR) is 49.9 cm³/mol. The lowest BCUT2D eigenvalue weighted by molar-refractivity contribution is 0.241. The van der Waals surface area contributed by atoms with Crippen LogP contribution in [0.5, 0.6) is 0 Å². The van der Waals surface area contributed by atoms with E-state index >= 15 is 0 Å². The third kappa shape index (κ3) is 9.09. The molecule has 0 aliphatic heterocycles. The molecule has 0 aromatic rings. The molecular weight excluding hydrogens is 194 g/mol. The first-order chi connectivity index (χ1) is 5.95. The minimum Gasteiger partial charge on any atom is -0.338 e. The van der Waals surface area contributed by atoms with E-state index in [0.717, 1.165) is 6.26 Å². The molecule has 0 spiro atoms. The van der Waals surface area contributed by atoms with Gasteiger partial charge in [0.2, 0.25) is 10.0 Å². The zero-order valence-electron chi connectivity index (χ0n) is 7.75. The van der Waals surface area contributed by atoms with E-state index in [1.807, 2.05) is 0 Å². The van der Waals surface area contributed by atoms with Crippen LogP contribution in [0.4, 0.5) is 4.79 Å². The van der Waals surface area contributed by atoms with Crippen molar-refractivity contribution in [2.24, 2.45) is 0 Å². The number of hydrogen-bond donors (Lipinski definition) is 3. The van der Waals surface area contributed by atoms with Gasteiger partial charge in [-0.25, -0.2) is 17.9 Å². The minimum atomic E-state index is -3.16. The van der Waals surface area contributed by atoms with Crippen LogP contribution in [-0.4, -0.2) is 40.3 Å². The third-order valence-electron chi connectivity index (χ3n) is 1.11. The Morgan fingerprint density at radius 1 is 1.23 bits per heavy atom. The molecule has 0 aromatic carbocycles. The van der Waals surface area contributed by atoms with E-state index in [9.17, 15) is 13.2 Å². The highest BCUT2D eigenvalue weighted by Crippen LogP contribution is 1.71. The van der Waals surface area contributed by atoms with E-state index in [0.29, 0.717) is 6.54 Å². The molecule has 0 saturated carbocycles. The lowest BCUT2D eigenvalue weighted by Gasteiger charge is -2.05. The van der Waals surface area contributed by atoms with Crippen LogP contribution in [0.1, 0.15) is 6.92 Å². The van der Waals surface area contributed by atoms with Crippen molar-refractivity contribution in [3.8, 4) is 0 Å². The molecule has 0 aromatic heterocycles. The Kier molecular flexibility index (Phi) is 5.40. The van der Waals surface area contributed by atoms with Crippen LogP contribution in [0.2, 0.25) is 0 Å². The van der Waals surface area contributed by atoms with E-state index in [4.69, 9.17) is 0 Å². The largest absolute Gasteiger partial charge is 0.338 e. The van der Waals surface area contributed by atoms with Crippen molar-refractivity contribution in [2.75, 3.05) is 25.9 Å². The topological polar surface area (TPSA) is 87.3 Å². The third-order valence-corrected chi connectivity index (χ3v) is 1.84. The summed E-state index contributed by atoms with van der Waals surface area (Å²) in [5.74, 6) is 0. The Balaban J connectivity index is 3.41. The van der Waals surface area contributed by atoms with Gasteiger partial charge in [-0.05, 0) is 6.92 Å². The first-order valence-electron chi connectivity index (χ1n) is 3.92. The van der Waals surface area contributed by atoms with Crippen LogP contribution in [0.25, 0.3) is 0 Å². The van der Waals surface area contributed by atoms with Gasteiger partial charge in [0, 0.05) is 19.6 Å². The Morgan fingerprint density at radius 2 is 1.85 bits per heavy atom. The molecule has 13 heavy (non-hydrogen) atoms. The fourth-order valence-electron chi connectivity index (χ4n) is 0.636. The molecule has 0 fully saturated rings. The van der Waals surface area contributed by atoms with Crippen molar-refractivity contribution in [1.29, 1.82) is 0 Å². The van der Waals surface area contributed by atoms with Gasteiger partial charge in [0.15, 0.2) is 0 Å². The van der Waals surface area contributed by atoms with Gasteiger partial charge in [0.25, 0.3) is 0 Å². The average molecular weight is 209 g/mol. The molecule has 78 valence electrons. The van der Waals surface area contributed by atoms with Gasteiger partial charge < -0.3 is 10.6 Å². The number of rotatable bonds is 5. The summed E-state index contributed by atoms with van der Waals surface area (Å²) in [6.45, 7) is 2.83. The summed E-state index contributed by atoms with van der Waals surface area (Å²) in [5, 5.41) is 5.00. The molecule has 0 atom stereocenters. The summed E-state index contributed by atoms with van der Waals surface area (Å²) < 4.78 is 23.4. The molecule has 0 rings (SSSR count). The summed E-state index contributed by atoms with van der Waals surface area (Å²) in [7, 11) is -3.16. The molecule has 0 aliphatic carbocycles. The summed E-state index contributed by atoms with van der Waals surface area (Å²) in [6, 6.07) is -0.294. The van der Waals surface area contributed by atoms with Gasteiger partial charge in [-0.15, -0.1) is 0 Å². The predicted octanol–water partition coefficient (Wildman–Crippen LogP) is -1.15. The van der Waals surface area contributed by atoms with Crippen LogP contribution in [0.15, 0.2) is 0 Å². The van der Waals surface area contributed by atoms with Crippen LogP contribution in [0, 0.1) is 0 Å². The molecule has 7 heteroatoms. The van der Waals surface area contributed by atoms with Crippen molar-refractivity contribution < 1.29 is 13.2 Å². The smallest absolute Gasteiger partial charge is 0.314 e. The quantitative estimate of drug-likeness (QED) is 0.500. The highest BCUT2D eigenvalue weighted by Gasteiger charge is 2.00. The molecule has 3 N–H and O–H groups in total. The van der Waals surface area contributed by atoms with Crippen LogP contribution in [-0.2, 0) is 10.0 Å². The molecule has 0 radical (unpaired) electrons. The van der Waals surface area contributed by atoms with Gasteiger partial charge in [0.05, 0.1) is 6.26 Å². The maximum Gasteiger partial charge on any atom is 0.314 e. The lowest BCUT2D eigenvalue weighted by atomic mass is 10.6. The van der Waals surface area contributed by atoms with Gasteiger partial charge in [-0.3, -0.25) is 0 Å². The Morgan fingerprint density at radius 3 is 2.31 bits per heavy atom. The molecule has 0 aliphatic rings. The van der Waals surface area contributed by atoms with Crippen LogP contribution in [0.3, 0.4) is 0 Å².